The number of pyridine rings is 1. The Morgan fingerprint density at radius 3 is 3.06 bits per heavy atom. The molecule has 0 aromatic carbocycles. The van der Waals surface area contributed by atoms with Crippen LogP contribution in [0.4, 0.5) is 0 Å². The maximum atomic E-state index is 8.99. The topological polar surface area (TPSA) is 67.6 Å². The monoisotopic (exact) mass is 240 g/mol. The van der Waals surface area contributed by atoms with Crippen LogP contribution in [0.5, 0.6) is 0 Å². The molecule has 18 heavy (non-hydrogen) atoms. The van der Waals surface area contributed by atoms with Crippen molar-refractivity contribution in [1.29, 1.82) is 5.26 Å². The molecule has 0 amide bonds. The van der Waals surface area contributed by atoms with Crippen LogP contribution < -0.4 is 5.73 Å². The van der Waals surface area contributed by atoms with Crippen LogP contribution in [0.15, 0.2) is 36.8 Å². The van der Waals surface area contributed by atoms with Gasteiger partial charge in [0, 0.05) is 36.7 Å². The fraction of sp³-hybridized carbons (Fsp3) is 0.286. The smallest absolute Gasteiger partial charge is 0.145 e. The van der Waals surface area contributed by atoms with E-state index in [0.717, 1.165) is 17.5 Å². The van der Waals surface area contributed by atoms with Crippen molar-refractivity contribution in [2.75, 3.05) is 0 Å². The van der Waals surface area contributed by atoms with Gasteiger partial charge >= 0.3 is 0 Å². The molecule has 2 rings (SSSR count). The maximum Gasteiger partial charge on any atom is 0.145 e. The van der Waals surface area contributed by atoms with Crippen molar-refractivity contribution in [3.63, 3.8) is 0 Å². The zero-order valence-electron chi connectivity index (χ0n) is 10.4. The molecular formula is C14H16N4. The quantitative estimate of drug-likeness (QED) is 0.890. The Bertz CT molecular complexity index is 565. The minimum absolute atomic E-state index is 0.0792. The minimum atomic E-state index is 0.0792. The van der Waals surface area contributed by atoms with Gasteiger partial charge in [-0.3, -0.25) is 0 Å². The fourth-order valence-corrected chi connectivity index (χ4v) is 1.88. The second-order valence-corrected chi connectivity index (χ2v) is 4.25. The molecule has 2 aromatic rings. The van der Waals surface area contributed by atoms with Gasteiger partial charge in [0.1, 0.15) is 11.8 Å². The SMILES string of the molecule is CCC(N)c1ccn(Cc2cccnc2C#N)c1. The Kier molecular flexibility index (Phi) is 3.75. The van der Waals surface area contributed by atoms with Gasteiger partial charge in [0.25, 0.3) is 0 Å². The molecule has 0 bridgehead atoms. The van der Waals surface area contributed by atoms with Crippen molar-refractivity contribution in [3.05, 3.63) is 53.6 Å². The van der Waals surface area contributed by atoms with E-state index in [1.54, 1.807) is 6.20 Å². The molecule has 2 N–H and O–H groups in total. The first-order valence-electron chi connectivity index (χ1n) is 5.99. The summed E-state index contributed by atoms with van der Waals surface area (Å²) >= 11 is 0. The van der Waals surface area contributed by atoms with Gasteiger partial charge in [-0.15, -0.1) is 0 Å². The van der Waals surface area contributed by atoms with Crippen molar-refractivity contribution >= 4 is 0 Å². The lowest BCUT2D eigenvalue weighted by molar-refractivity contribution is 0.692. The van der Waals surface area contributed by atoms with E-state index in [-0.39, 0.29) is 6.04 Å². The highest BCUT2D eigenvalue weighted by molar-refractivity contribution is 5.31. The number of nitrogens with two attached hydrogens (primary N) is 1. The van der Waals surface area contributed by atoms with E-state index >= 15 is 0 Å². The minimum Gasteiger partial charge on any atom is -0.349 e. The predicted molar refractivity (Wildman–Crippen MR) is 69.7 cm³/mol. The average Bonchev–Trinajstić information content (AvgIpc) is 2.87. The molecule has 1 unspecified atom stereocenters. The van der Waals surface area contributed by atoms with Gasteiger partial charge in [-0.1, -0.05) is 13.0 Å². The summed E-state index contributed by atoms with van der Waals surface area (Å²) in [6, 6.07) is 7.98. The largest absolute Gasteiger partial charge is 0.349 e. The van der Waals surface area contributed by atoms with Gasteiger partial charge in [0.2, 0.25) is 0 Å². The molecule has 0 saturated heterocycles. The standard InChI is InChI=1S/C14H16N4/c1-2-13(16)11-5-7-18(9-11)10-12-4-3-6-17-14(12)8-15/h3-7,9,13H,2,10,16H2,1H3. The third-order valence-electron chi connectivity index (χ3n) is 2.99. The lowest BCUT2D eigenvalue weighted by Gasteiger charge is -2.06. The van der Waals surface area contributed by atoms with Crippen molar-refractivity contribution in [2.24, 2.45) is 5.73 Å². The van der Waals surface area contributed by atoms with Gasteiger partial charge in [0.05, 0.1) is 0 Å². The van der Waals surface area contributed by atoms with Gasteiger partial charge in [0.15, 0.2) is 0 Å². The van der Waals surface area contributed by atoms with Gasteiger partial charge in [-0.05, 0) is 24.1 Å². The molecule has 0 aliphatic heterocycles. The van der Waals surface area contributed by atoms with E-state index in [2.05, 4.69) is 18.0 Å². The number of rotatable bonds is 4. The van der Waals surface area contributed by atoms with Gasteiger partial charge in [-0.25, -0.2) is 4.98 Å². The number of nitriles is 1. The van der Waals surface area contributed by atoms with Crippen molar-refractivity contribution in [1.82, 2.24) is 9.55 Å². The number of aromatic nitrogens is 2. The first kappa shape index (κ1) is 12.3. The van der Waals surface area contributed by atoms with Crippen molar-refractivity contribution < 1.29 is 0 Å². The number of hydrogen-bond donors (Lipinski definition) is 1. The van der Waals surface area contributed by atoms with Gasteiger partial charge < -0.3 is 10.3 Å². The molecule has 0 saturated carbocycles. The van der Waals surface area contributed by atoms with E-state index in [1.165, 1.54) is 0 Å². The molecular weight excluding hydrogens is 224 g/mol. The average molecular weight is 240 g/mol. The van der Waals surface area contributed by atoms with Crippen molar-refractivity contribution in [3.8, 4) is 6.07 Å². The molecule has 2 heterocycles. The third kappa shape index (κ3) is 2.58. The van der Waals surface area contributed by atoms with Crippen LogP contribution in [0, 0.1) is 11.3 Å². The Hall–Kier alpha value is -2.12. The van der Waals surface area contributed by atoms with Crippen LogP contribution in [-0.2, 0) is 6.54 Å². The Morgan fingerprint density at radius 2 is 2.33 bits per heavy atom. The first-order chi connectivity index (χ1) is 8.74. The summed E-state index contributed by atoms with van der Waals surface area (Å²) in [6.07, 6.45) is 6.57. The molecule has 4 nitrogen and oxygen atoms in total. The summed E-state index contributed by atoms with van der Waals surface area (Å²) in [4.78, 5) is 4.05. The number of hydrogen-bond acceptors (Lipinski definition) is 3. The molecule has 0 aliphatic rings. The van der Waals surface area contributed by atoms with E-state index in [1.807, 2.05) is 35.2 Å². The highest BCUT2D eigenvalue weighted by atomic mass is 14.9. The highest BCUT2D eigenvalue weighted by Crippen LogP contribution is 2.15. The maximum absolute atomic E-state index is 8.99. The second-order valence-electron chi connectivity index (χ2n) is 4.25. The van der Waals surface area contributed by atoms with E-state index in [0.29, 0.717) is 12.2 Å². The lowest BCUT2D eigenvalue weighted by Crippen LogP contribution is -2.07. The van der Waals surface area contributed by atoms with E-state index < -0.39 is 0 Å². The van der Waals surface area contributed by atoms with Crippen molar-refractivity contribution in [2.45, 2.75) is 25.9 Å². The van der Waals surface area contributed by atoms with Gasteiger partial charge in [-0.2, -0.15) is 5.26 Å². The zero-order chi connectivity index (χ0) is 13.0. The van der Waals surface area contributed by atoms with Crippen LogP contribution in [0.25, 0.3) is 0 Å². The molecule has 0 aliphatic carbocycles. The molecule has 4 heteroatoms. The fourth-order valence-electron chi connectivity index (χ4n) is 1.88. The molecule has 2 aromatic heterocycles. The predicted octanol–water partition coefficient (Wildman–Crippen LogP) is 2.21. The second kappa shape index (κ2) is 5.48. The van der Waals surface area contributed by atoms with Crippen LogP contribution >= 0.6 is 0 Å². The van der Waals surface area contributed by atoms with Crippen LogP contribution in [0.3, 0.4) is 0 Å². The Labute approximate surface area is 107 Å². The molecule has 0 spiro atoms. The molecule has 0 radical (unpaired) electrons. The molecule has 1 atom stereocenters. The summed E-state index contributed by atoms with van der Waals surface area (Å²) in [5.74, 6) is 0. The number of nitrogens with zero attached hydrogens (tertiary/aromatic N) is 3. The summed E-state index contributed by atoms with van der Waals surface area (Å²) in [5, 5.41) is 8.99. The lowest BCUT2D eigenvalue weighted by atomic mass is 10.1. The van der Waals surface area contributed by atoms with E-state index in [9.17, 15) is 0 Å². The highest BCUT2D eigenvalue weighted by Gasteiger charge is 2.07. The molecule has 92 valence electrons. The van der Waals surface area contributed by atoms with E-state index in [4.69, 9.17) is 11.0 Å². The summed E-state index contributed by atoms with van der Waals surface area (Å²) in [5.41, 5.74) is 8.51. The Morgan fingerprint density at radius 1 is 1.50 bits per heavy atom. The summed E-state index contributed by atoms with van der Waals surface area (Å²) < 4.78 is 2.03. The summed E-state index contributed by atoms with van der Waals surface area (Å²) in [7, 11) is 0. The zero-order valence-corrected chi connectivity index (χ0v) is 10.4. The first-order valence-corrected chi connectivity index (χ1v) is 5.99. The summed E-state index contributed by atoms with van der Waals surface area (Å²) in [6.45, 7) is 2.71. The molecule has 0 fully saturated rings. The Balaban J connectivity index is 2.19. The third-order valence-corrected chi connectivity index (χ3v) is 2.99. The van der Waals surface area contributed by atoms with Crippen LogP contribution in [0.1, 0.15) is 36.2 Å². The normalized spacial score (nSPS) is 12.1. The van der Waals surface area contributed by atoms with Crippen LogP contribution in [-0.4, -0.2) is 9.55 Å². The van der Waals surface area contributed by atoms with Crippen LogP contribution in [0.2, 0.25) is 0 Å².